The Bertz CT molecular complexity index is 1230. The molecule has 3 aromatic carbocycles. The average molecular weight is 453 g/mol. The number of fused-ring (bicyclic) bond motifs is 1. The van der Waals surface area contributed by atoms with Crippen molar-refractivity contribution in [1.29, 1.82) is 0 Å². The molecule has 1 aliphatic rings. The van der Waals surface area contributed by atoms with Crippen molar-refractivity contribution in [2.24, 2.45) is 0 Å². The molecular formula is C24H24N2O5S. The minimum absolute atomic E-state index is 0.142. The number of ether oxygens (including phenoxy) is 2. The van der Waals surface area contributed by atoms with Gasteiger partial charge in [0.15, 0.2) is 6.10 Å². The topological polar surface area (TPSA) is 84.9 Å². The standard InChI is InChI=1S/C24H24N2O5S/c1-17-11-12-22-21(13-17)26(32(28,29)20-9-4-3-5-10-20)15-23(31-22)24(27)25-19-8-6-7-18(14-19)16-30-2/h3-14,23H,15-16H2,1-2H3,(H,25,27)/t23-/m1/s1. The van der Waals surface area contributed by atoms with Crippen molar-refractivity contribution in [1.82, 2.24) is 0 Å². The number of sulfonamides is 1. The lowest BCUT2D eigenvalue weighted by molar-refractivity contribution is -0.122. The molecule has 0 unspecified atom stereocenters. The van der Waals surface area contributed by atoms with Gasteiger partial charge in [0.1, 0.15) is 5.75 Å². The number of rotatable bonds is 6. The predicted molar refractivity (Wildman–Crippen MR) is 122 cm³/mol. The molecule has 1 N–H and O–H groups in total. The smallest absolute Gasteiger partial charge is 0.267 e. The lowest BCUT2D eigenvalue weighted by atomic mass is 10.1. The maximum Gasteiger partial charge on any atom is 0.267 e. The van der Waals surface area contributed by atoms with Gasteiger partial charge in [0.25, 0.3) is 15.9 Å². The molecule has 1 aliphatic heterocycles. The third-order valence-electron chi connectivity index (χ3n) is 5.11. The van der Waals surface area contributed by atoms with Crippen LogP contribution in [0.5, 0.6) is 5.75 Å². The Balaban J connectivity index is 1.65. The van der Waals surface area contributed by atoms with E-state index in [1.807, 2.05) is 25.1 Å². The fourth-order valence-corrected chi connectivity index (χ4v) is 5.06. The lowest BCUT2D eigenvalue weighted by Gasteiger charge is -2.35. The van der Waals surface area contributed by atoms with Crippen molar-refractivity contribution < 1.29 is 22.7 Å². The number of carbonyl (C=O) groups excluding carboxylic acids is 1. The fourth-order valence-electron chi connectivity index (χ4n) is 3.57. The minimum atomic E-state index is -3.89. The zero-order chi connectivity index (χ0) is 22.7. The molecule has 8 heteroatoms. The predicted octanol–water partition coefficient (Wildman–Crippen LogP) is 3.74. The van der Waals surface area contributed by atoms with Gasteiger partial charge < -0.3 is 14.8 Å². The van der Waals surface area contributed by atoms with Gasteiger partial charge in [0.05, 0.1) is 23.7 Å². The quantitative estimate of drug-likeness (QED) is 0.616. The normalized spacial score (nSPS) is 15.6. The van der Waals surface area contributed by atoms with Gasteiger partial charge in [-0.1, -0.05) is 36.4 Å². The maximum absolute atomic E-state index is 13.4. The van der Waals surface area contributed by atoms with Crippen molar-refractivity contribution in [2.75, 3.05) is 23.3 Å². The SMILES string of the molecule is COCc1cccc(NC(=O)[C@H]2CN(S(=O)(=O)c3ccccc3)c3cc(C)ccc3O2)c1. The molecule has 0 spiro atoms. The first kappa shape index (κ1) is 21.9. The molecule has 0 saturated heterocycles. The Morgan fingerprint density at radius 3 is 2.62 bits per heavy atom. The van der Waals surface area contributed by atoms with Crippen LogP contribution in [0.4, 0.5) is 11.4 Å². The Morgan fingerprint density at radius 2 is 1.88 bits per heavy atom. The highest BCUT2D eigenvalue weighted by Gasteiger charge is 2.37. The summed E-state index contributed by atoms with van der Waals surface area (Å²) in [6.07, 6.45) is -1.02. The molecule has 4 rings (SSSR count). The molecule has 166 valence electrons. The molecule has 0 fully saturated rings. The molecule has 1 heterocycles. The van der Waals surface area contributed by atoms with E-state index >= 15 is 0 Å². The van der Waals surface area contributed by atoms with E-state index in [4.69, 9.17) is 9.47 Å². The number of carbonyl (C=O) groups is 1. The number of aryl methyl sites for hydroxylation is 1. The van der Waals surface area contributed by atoms with Gasteiger partial charge in [-0.25, -0.2) is 8.42 Å². The van der Waals surface area contributed by atoms with Crippen LogP contribution in [0.3, 0.4) is 0 Å². The van der Waals surface area contributed by atoms with Gasteiger partial charge in [-0.15, -0.1) is 0 Å². The van der Waals surface area contributed by atoms with E-state index in [2.05, 4.69) is 5.32 Å². The second-order valence-corrected chi connectivity index (χ2v) is 9.41. The van der Waals surface area contributed by atoms with Crippen LogP contribution in [0.2, 0.25) is 0 Å². The number of anilines is 2. The summed E-state index contributed by atoms with van der Waals surface area (Å²) >= 11 is 0. The third kappa shape index (κ3) is 4.46. The van der Waals surface area contributed by atoms with Crippen LogP contribution in [0, 0.1) is 6.92 Å². The molecule has 32 heavy (non-hydrogen) atoms. The van der Waals surface area contributed by atoms with Crippen LogP contribution in [0.25, 0.3) is 0 Å². The Labute approximate surface area is 187 Å². The van der Waals surface area contributed by atoms with Crippen molar-refractivity contribution in [3.63, 3.8) is 0 Å². The van der Waals surface area contributed by atoms with Crippen LogP contribution in [0.1, 0.15) is 11.1 Å². The second-order valence-electron chi connectivity index (χ2n) is 7.55. The van der Waals surface area contributed by atoms with E-state index < -0.39 is 22.0 Å². The van der Waals surface area contributed by atoms with Gasteiger partial charge in [-0.2, -0.15) is 0 Å². The van der Waals surface area contributed by atoms with E-state index in [-0.39, 0.29) is 11.4 Å². The summed E-state index contributed by atoms with van der Waals surface area (Å²) in [4.78, 5) is 13.2. The number of hydrogen-bond acceptors (Lipinski definition) is 5. The number of hydrogen-bond donors (Lipinski definition) is 1. The van der Waals surface area contributed by atoms with Gasteiger partial charge >= 0.3 is 0 Å². The van der Waals surface area contributed by atoms with Crippen molar-refractivity contribution in [3.05, 3.63) is 83.9 Å². The number of benzene rings is 3. The molecule has 3 aromatic rings. The summed E-state index contributed by atoms with van der Waals surface area (Å²) < 4.78 is 39.2. The molecule has 1 amide bonds. The average Bonchev–Trinajstić information content (AvgIpc) is 2.79. The van der Waals surface area contributed by atoms with E-state index in [0.717, 1.165) is 11.1 Å². The minimum Gasteiger partial charge on any atom is -0.476 e. The summed E-state index contributed by atoms with van der Waals surface area (Å²) in [6.45, 7) is 2.15. The van der Waals surface area contributed by atoms with E-state index in [9.17, 15) is 13.2 Å². The van der Waals surface area contributed by atoms with Crippen LogP contribution in [-0.4, -0.2) is 34.1 Å². The number of nitrogens with one attached hydrogen (secondary N) is 1. The van der Waals surface area contributed by atoms with Gasteiger partial charge in [0, 0.05) is 12.8 Å². The van der Waals surface area contributed by atoms with Crippen molar-refractivity contribution in [2.45, 2.75) is 24.5 Å². The highest BCUT2D eigenvalue weighted by Crippen LogP contribution is 2.38. The van der Waals surface area contributed by atoms with Crippen molar-refractivity contribution >= 4 is 27.3 Å². The van der Waals surface area contributed by atoms with Gasteiger partial charge in [-0.05, 0) is 54.4 Å². The van der Waals surface area contributed by atoms with Crippen LogP contribution >= 0.6 is 0 Å². The second kappa shape index (κ2) is 9.02. The van der Waals surface area contributed by atoms with E-state index in [0.29, 0.717) is 23.7 Å². The molecule has 0 aromatic heterocycles. The summed E-state index contributed by atoms with van der Waals surface area (Å²) in [7, 11) is -2.29. The largest absolute Gasteiger partial charge is 0.476 e. The molecule has 7 nitrogen and oxygen atoms in total. The molecule has 1 atom stereocenters. The number of amides is 1. The number of methoxy groups -OCH3 is 1. The first-order valence-electron chi connectivity index (χ1n) is 10.1. The Morgan fingerprint density at radius 1 is 1.09 bits per heavy atom. The summed E-state index contributed by atoms with van der Waals surface area (Å²) in [5.41, 5.74) is 2.79. The molecule has 0 aliphatic carbocycles. The summed E-state index contributed by atoms with van der Waals surface area (Å²) in [5.74, 6) is -0.0892. The summed E-state index contributed by atoms with van der Waals surface area (Å²) in [6, 6.07) is 20.7. The Hall–Kier alpha value is -3.36. The zero-order valence-corrected chi connectivity index (χ0v) is 18.6. The van der Waals surface area contributed by atoms with Gasteiger partial charge in [0.2, 0.25) is 0 Å². The molecule has 0 saturated carbocycles. The van der Waals surface area contributed by atoms with Crippen LogP contribution < -0.4 is 14.4 Å². The highest BCUT2D eigenvalue weighted by atomic mass is 32.2. The van der Waals surface area contributed by atoms with Crippen molar-refractivity contribution in [3.8, 4) is 5.75 Å². The van der Waals surface area contributed by atoms with Crippen LogP contribution in [0.15, 0.2) is 77.7 Å². The highest BCUT2D eigenvalue weighted by molar-refractivity contribution is 7.92. The van der Waals surface area contributed by atoms with E-state index in [1.165, 1.54) is 16.4 Å². The molecule has 0 bridgehead atoms. The maximum atomic E-state index is 13.4. The third-order valence-corrected chi connectivity index (χ3v) is 6.91. The first-order valence-corrected chi connectivity index (χ1v) is 11.6. The Kier molecular flexibility index (Phi) is 6.16. The molecular weight excluding hydrogens is 428 g/mol. The number of nitrogens with zero attached hydrogens (tertiary/aromatic N) is 1. The summed E-state index contributed by atoms with van der Waals surface area (Å²) in [5, 5.41) is 2.82. The monoisotopic (exact) mass is 452 g/mol. The van der Waals surface area contributed by atoms with Crippen LogP contribution in [-0.2, 0) is 26.2 Å². The molecule has 0 radical (unpaired) electrons. The fraction of sp³-hybridized carbons (Fsp3) is 0.208. The lowest BCUT2D eigenvalue weighted by Crippen LogP contribution is -2.48. The van der Waals surface area contributed by atoms with Gasteiger partial charge in [-0.3, -0.25) is 9.10 Å². The first-order chi connectivity index (χ1) is 15.4. The van der Waals surface area contributed by atoms with E-state index in [1.54, 1.807) is 49.6 Å². The zero-order valence-electron chi connectivity index (χ0n) is 17.8.